The normalized spacial score (nSPS) is 18.7. The largest absolute Gasteiger partial charge is 0.507 e. The van der Waals surface area contributed by atoms with Gasteiger partial charge in [0, 0.05) is 12.1 Å². The Morgan fingerprint density at radius 2 is 1.47 bits per heavy atom. The molecule has 0 amide bonds. The number of phenols is 1. The van der Waals surface area contributed by atoms with Gasteiger partial charge in [-0.25, -0.2) is 0 Å². The van der Waals surface area contributed by atoms with Gasteiger partial charge in [-0.3, -0.25) is 0 Å². The lowest BCUT2D eigenvalue weighted by Gasteiger charge is -2.37. The minimum absolute atomic E-state index is 0.155. The Morgan fingerprint density at radius 1 is 0.824 bits per heavy atom. The van der Waals surface area contributed by atoms with Crippen molar-refractivity contribution in [3.63, 3.8) is 0 Å². The molecular formula is C27H30O7. The van der Waals surface area contributed by atoms with Gasteiger partial charge in [-0.1, -0.05) is 50.1 Å². The van der Waals surface area contributed by atoms with Gasteiger partial charge in [0.25, 0.3) is 0 Å². The summed E-state index contributed by atoms with van der Waals surface area (Å²) in [6.07, 6.45) is 3.71. The zero-order chi connectivity index (χ0) is 24.5. The molecule has 3 rings (SSSR count). The van der Waals surface area contributed by atoms with Gasteiger partial charge >= 0.3 is 0 Å². The molecule has 0 saturated heterocycles. The topological polar surface area (TPSA) is 86.6 Å². The molecule has 2 N–H and O–H groups in total. The molecule has 0 saturated carbocycles. The summed E-state index contributed by atoms with van der Waals surface area (Å²) >= 11 is 0. The standard InChI is InChI=1S/C27H30O7/c1-5-11-30-19-16-20(28)24-23(17-19)34-26(27(25(24)29)33-14-8-4)18-9-10-21(31-12-6-2)22(15-18)32-13-7-3/h5-10,15-17,25-29H,1-4,11-14H2. The minimum atomic E-state index is -1.17. The molecule has 2 aromatic carbocycles. The SMILES string of the molecule is C=CCOc1cc(O)c2c(c1)OC(c1ccc(OCC=C)c(OCC=C)c1)C(OCC=C)C2O. The fraction of sp³-hybridized carbons (Fsp3) is 0.259. The van der Waals surface area contributed by atoms with E-state index in [1.165, 1.54) is 6.07 Å². The molecule has 180 valence electrons. The first-order valence-electron chi connectivity index (χ1n) is 10.8. The molecule has 7 nitrogen and oxygen atoms in total. The van der Waals surface area contributed by atoms with Crippen LogP contribution in [-0.4, -0.2) is 42.7 Å². The molecule has 34 heavy (non-hydrogen) atoms. The molecule has 2 aromatic rings. The number of phenolic OH excluding ortho intramolecular Hbond substituents is 1. The van der Waals surface area contributed by atoms with Gasteiger partial charge in [0.2, 0.25) is 0 Å². The lowest BCUT2D eigenvalue weighted by Crippen LogP contribution is -2.37. The Balaban J connectivity index is 2.03. The number of aliphatic hydroxyl groups is 1. The van der Waals surface area contributed by atoms with Crippen LogP contribution in [0.25, 0.3) is 0 Å². The molecule has 0 aromatic heterocycles. The molecule has 0 radical (unpaired) electrons. The van der Waals surface area contributed by atoms with E-state index < -0.39 is 18.3 Å². The first kappa shape index (κ1) is 25.0. The van der Waals surface area contributed by atoms with Crippen LogP contribution in [0.3, 0.4) is 0 Å². The summed E-state index contributed by atoms with van der Waals surface area (Å²) in [6, 6.07) is 8.38. The molecule has 1 aliphatic heterocycles. The molecule has 1 aliphatic rings. The lowest BCUT2D eigenvalue weighted by molar-refractivity contribution is -0.103. The number of hydrogen-bond acceptors (Lipinski definition) is 7. The van der Waals surface area contributed by atoms with Gasteiger partial charge in [0.1, 0.15) is 49.3 Å². The van der Waals surface area contributed by atoms with Crippen LogP contribution in [-0.2, 0) is 4.74 Å². The van der Waals surface area contributed by atoms with Crippen molar-refractivity contribution in [3.8, 4) is 28.7 Å². The number of rotatable bonds is 13. The van der Waals surface area contributed by atoms with E-state index in [0.29, 0.717) is 29.4 Å². The Hall–Kier alpha value is -3.68. The van der Waals surface area contributed by atoms with E-state index in [2.05, 4.69) is 26.3 Å². The van der Waals surface area contributed by atoms with Crippen LogP contribution in [0.4, 0.5) is 0 Å². The molecule has 1 heterocycles. The van der Waals surface area contributed by atoms with Crippen molar-refractivity contribution in [2.45, 2.75) is 18.3 Å². The maximum atomic E-state index is 11.2. The number of ether oxygens (including phenoxy) is 5. The van der Waals surface area contributed by atoms with Crippen LogP contribution in [0.15, 0.2) is 81.0 Å². The van der Waals surface area contributed by atoms with Gasteiger partial charge < -0.3 is 33.9 Å². The van der Waals surface area contributed by atoms with Crippen molar-refractivity contribution < 1.29 is 33.9 Å². The second-order valence-corrected chi connectivity index (χ2v) is 7.43. The second-order valence-electron chi connectivity index (χ2n) is 7.43. The van der Waals surface area contributed by atoms with E-state index >= 15 is 0 Å². The minimum Gasteiger partial charge on any atom is -0.507 e. The fourth-order valence-electron chi connectivity index (χ4n) is 3.60. The summed E-state index contributed by atoms with van der Waals surface area (Å²) < 4.78 is 29.2. The van der Waals surface area contributed by atoms with Crippen molar-refractivity contribution in [1.29, 1.82) is 0 Å². The van der Waals surface area contributed by atoms with Crippen LogP contribution in [0.5, 0.6) is 28.7 Å². The van der Waals surface area contributed by atoms with Crippen LogP contribution in [0, 0.1) is 0 Å². The Kier molecular flexibility index (Phi) is 8.79. The highest BCUT2D eigenvalue weighted by Gasteiger charge is 2.41. The predicted octanol–water partition coefficient (Wildman–Crippen LogP) is 4.82. The van der Waals surface area contributed by atoms with E-state index in [1.54, 1.807) is 42.5 Å². The smallest absolute Gasteiger partial charge is 0.162 e. The molecular weight excluding hydrogens is 436 g/mol. The summed E-state index contributed by atoms with van der Waals surface area (Å²) in [5.41, 5.74) is 0.908. The van der Waals surface area contributed by atoms with Crippen LogP contribution >= 0.6 is 0 Å². The summed E-state index contributed by atoms with van der Waals surface area (Å²) in [7, 11) is 0. The fourth-order valence-corrected chi connectivity index (χ4v) is 3.60. The van der Waals surface area contributed by atoms with E-state index in [1.807, 2.05) is 6.07 Å². The average molecular weight is 467 g/mol. The van der Waals surface area contributed by atoms with Gasteiger partial charge in [0.15, 0.2) is 17.6 Å². The van der Waals surface area contributed by atoms with Crippen LogP contribution in [0.1, 0.15) is 23.3 Å². The summed E-state index contributed by atoms with van der Waals surface area (Å²) in [4.78, 5) is 0. The zero-order valence-electron chi connectivity index (χ0n) is 19.0. The summed E-state index contributed by atoms with van der Waals surface area (Å²) in [6.45, 7) is 15.7. The highest BCUT2D eigenvalue weighted by atomic mass is 16.6. The van der Waals surface area contributed by atoms with Crippen molar-refractivity contribution >= 4 is 0 Å². The summed E-state index contributed by atoms with van der Waals surface area (Å²) in [5, 5.41) is 21.8. The number of hydrogen-bond donors (Lipinski definition) is 2. The average Bonchev–Trinajstić information content (AvgIpc) is 2.84. The molecule has 0 bridgehead atoms. The molecule has 7 heteroatoms. The highest BCUT2D eigenvalue weighted by Crippen LogP contribution is 2.48. The molecule has 3 unspecified atom stereocenters. The monoisotopic (exact) mass is 466 g/mol. The van der Waals surface area contributed by atoms with Crippen molar-refractivity contribution in [3.05, 3.63) is 92.1 Å². The highest BCUT2D eigenvalue weighted by molar-refractivity contribution is 5.54. The Bertz CT molecular complexity index is 1030. The Labute approximate surface area is 199 Å². The van der Waals surface area contributed by atoms with Gasteiger partial charge in [0.05, 0.1) is 12.2 Å². The van der Waals surface area contributed by atoms with Gasteiger partial charge in [-0.2, -0.15) is 0 Å². The van der Waals surface area contributed by atoms with Crippen molar-refractivity contribution in [2.24, 2.45) is 0 Å². The third-order valence-electron chi connectivity index (χ3n) is 5.04. The van der Waals surface area contributed by atoms with E-state index in [9.17, 15) is 10.2 Å². The van der Waals surface area contributed by atoms with Crippen LogP contribution < -0.4 is 18.9 Å². The quantitative estimate of drug-likeness (QED) is 0.409. The zero-order valence-corrected chi connectivity index (χ0v) is 19.0. The first-order chi connectivity index (χ1) is 16.5. The number of benzene rings is 2. The number of aromatic hydroxyl groups is 1. The molecule has 3 atom stereocenters. The van der Waals surface area contributed by atoms with E-state index in [0.717, 1.165) is 0 Å². The molecule has 0 aliphatic carbocycles. The third kappa shape index (κ3) is 5.62. The molecule has 0 fully saturated rings. The first-order valence-corrected chi connectivity index (χ1v) is 10.8. The maximum absolute atomic E-state index is 11.2. The number of aliphatic hydroxyl groups excluding tert-OH is 1. The van der Waals surface area contributed by atoms with E-state index in [-0.39, 0.29) is 36.9 Å². The second kappa shape index (κ2) is 12.0. The summed E-state index contributed by atoms with van der Waals surface area (Å²) in [5.74, 6) is 1.53. The predicted molar refractivity (Wildman–Crippen MR) is 130 cm³/mol. The lowest BCUT2D eigenvalue weighted by atomic mass is 9.91. The van der Waals surface area contributed by atoms with Gasteiger partial charge in [-0.05, 0) is 17.7 Å². The van der Waals surface area contributed by atoms with E-state index in [4.69, 9.17) is 23.7 Å². The van der Waals surface area contributed by atoms with Crippen molar-refractivity contribution in [1.82, 2.24) is 0 Å². The maximum Gasteiger partial charge on any atom is 0.162 e. The van der Waals surface area contributed by atoms with Crippen LogP contribution in [0.2, 0.25) is 0 Å². The van der Waals surface area contributed by atoms with Gasteiger partial charge in [-0.15, -0.1) is 6.58 Å². The third-order valence-corrected chi connectivity index (χ3v) is 5.04. The number of fused-ring (bicyclic) bond motifs is 1. The van der Waals surface area contributed by atoms with Crippen molar-refractivity contribution in [2.75, 3.05) is 26.4 Å². The molecule has 0 spiro atoms. The Morgan fingerprint density at radius 3 is 2.15 bits per heavy atom.